The van der Waals surface area contributed by atoms with Gasteiger partial charge in [0.05, 0.1) is 0 Å². The molecule has 0 saturated heterocycles. The van der Waals surface area contributed by atoms with Crippen LogP contribution in [0.4, 0.5) is 10.6 Å². The molecule has 0 unspecified atom stereocenters. The fourth-order valence-electron chi connectivity index (χ4n) is 2.16. The number of ether oxygens (including phenoxy) is 1. The Balaban J connectivity index is 1.96. The highest BCUT2D eigenvalue weighted by Gasteiger charge is 2.16. The highest BCUT2D eigenvalue weighted by atomic mass is 16.6. The van der Waals surface area contributed by atoms with Crippen LogP contribution in [0.3, 0.4) is 0 Å². The molecule has 127 valence electrons. The second kappa shape index (κ2) is 7.93. The zero-order valence-corrected chi connectivity index (χ0v) is 14.4. The molecule has 2 aromatic rings. The van der Waals surface area contributed by atoms with E-state index in [1.165, 1.54) is 0 Å². The SMILES string of the molecule is CC(C)(C)OC(=O)Nc1cc(C[CH]c2cccc(CN)c2)ccn1. The summed E-state index contributed by atoms with van der Waals surface area (Å²) in [6.45, 7) is 5.99. The predicted molar refractivity (Wildman–Crippen MR) is 95.5 cm³/mol. The number of aromatic nitrogens is 1. The Kier molecular flexibility index (Phi) is 5.93. The molecule has 1 aromatic heterocycles. The van der Waals surface area contributed by atoms with E-state index in [0.29, 0.717) is 12.4 Å². The number of nitrogens with zero attached hydrogens (tertiary/aromatic N) is 1. The lowest BCUT2D eigenvalue weighted by atomic mass is 10.0. The Hall–Kier alpha value is -2.40. The summed E-state index contributed by atoms with van der Waals surface area (Å²) in [7, 11) is 0. The molecule has 2 rings (SSSR count). The highest BCUT2D eigenvalue weighted by Crippen LogP contribution is 2.15. The maximum absolute atomic E-state index is 11.8. The summed E-state index contributed by atoms with van der Waals surface area (Å²) >= 11 is 0. The van der Waals surface area contributed by atoms with Crippen LogP contribution in [0.2, 0.25) is 0 Å². The summed E-state index contributed by atoms with van der Waals surface area (Å²) in [5.41, 5.74) is 8.40. The number of hydrogen-bond donors (Lipinski definition) is 2. The van der Waals surface area contributed by atoms with Gasteiger partial charge in [0.15, 0.2) is 0 Å². The summed E-state index contributed by atoms with van der Waals surface area (Å²) in [5, 5.41) is 2.65. The third-order valence-corrected chi connectivity index (χ3v) is 3.21. The Morgan fingerprint density at radius 1 is 1.25 bits per heavy atom. The summed E-state index contributed by atoms with van der Waals surface area (Å²) < 4.78 is 5.23. The molecule has 0 saturated carbocycles. The number of rotatable bonds is 5. The van der Waals surface area contributed by atoms with E-state index in [0.717, 1.165) is 23.1 Å². The lowest BCUT2D eigenvalue weighted by Gasteiger charge is -2.19. The number of amides is 1. The van der Waals surface area contributed by atoms with E-state index >= 15 is 0 Å². The van der Waals surface area contributed by atoms with Gasteiger partial charge in [0, 0.05) is 12.7 Å². The van der Waals surface area contributed by atoms with E-state index in [-0.39, 0.29) is 0 Å². The van der Waals surface area contributed by atoms with Gasteiger partial charge in [-0.1, -0.05) is 24.3 Å². The molecule has 0 atom stereocenters. The molecule has 24 heavy (non-hydrogen) atoms. The molecule has 1 heterocycles. The van der Waals surface area contributed by atoms with Gasteiger partial charge in [-0.15, -0.1) is 0 Å². The summed E-state index contributed by atoms with van der Waals surface area (Å²) in [6.07, 6.45) is 4.02. The topological polar surface area (TPSA) is 77.2 Å². The van der Waals surface area contributed by atoms with Crippen LogP contribution in [0.15, 0.2) is 42.6 Å². The number of hydrogen-bond acceptors (Lipinski definition) is 4. The predicted octanol–water partition coefficient (Wildman–Crippen LogP) is 3.68. The van der Waals surface area contributed by atoms with Gasteiger partial charge in [-0.05, 0) is 62.4 Å². The van der Waals surface area contributed by atoms with Crippen LogP contribution in [-0.2, 0) is 17.7 Å². The molecule has 1 amide bonds. The molecule has 0 aliphatic carbocycles. The summed E-state index contributed by atoms with van der Waals surface area (Å²) in [4.78, 5) is 15.9. The van der Waals surface area contributed by atoms with E-state index in [1.54, 1.807) is 6.20 Å². The maximum atomic E-state index is 11.8. The van der Waals surface area contributed by atoms with Crippen LogP contribution < -0.4 is 11.1 Å². The van der Waals surface area contributed by atoms with Crippen LogP contribution in [0.5, 0.6) is 0 Å². The number of carbonyl (C=O) groups is 1. The van der Waals surface area contributed by atoms with Gasteiger partial charge in [0.25, 0.3) is 0 Å². The minimum Gasteiger partial charge on any atom is -0.444 e. The van der Waals surface area contributed by atoms with E-state index in [2.05, 4.69) is 22.8 Å². The third-order valence-electron chi connectivity index (χ3n) is 3.21. The second-order valence-corrected chi connectivity index (χ2v) is 6.53. The van der Waals surface area contributed by atoms with E-state index < -0.39 is 11.7 Å². The van der Waals surface area contributed by atoms with E-state index in [1.807, 2.05) is 51.1 Å². The van der Waals surface area contributed by atoms with Crippen molar-refractivity contribution in [3.63, 3.8) is 0 Å². The minimum atomic E-state index is -0.538. The summed E-state index contributed by atoms with van der Waals surface area (Å²) in [6, 6.07) is 11.9. The number of anilines is 1. The zero-order chi connectivity index (χ0) is 17.6. The van der Waals surface area contributed by atoms with Crippen molar-refractivity contribution < 1.29 is 9.53 Å². The largest absolute Gasteiger partial charge is 0.444 e. The monoisotopic (exact) mass is 326 g/mol. The molecule has 0 bridgehead atoms. The van der Waals surface area contributed by atoms with Gasteiger partial charge in [-0.25, -0.2) is 9.78 Å². The Morgan fingerprint density at radius 2 is 2.04 bits per heavy atom. The van der Waals surface area contributed by atoms with Crippen LogP contribution in [-0.4, -0.2) is 16.7 Å². The van der Waals surface area contributed by atoms with Gasteiger partial charge in [0.1, 0.15) is 11.4 Å². The average Bonchev–Trinajstić information content (AvgIpc) is 2.51. The van der Waals surface area contributed by atoms with Crippen molar-refractivity contribution in [2.24, 2.45) is 5.73 Å². The fraction of sp³-hybridized carbons (Fsp3) is 0.316. The van der Waals surface area contributed by atoms with Crippen molar-refractivity contribution in [2.45, 2.75) is 39.3 Å². The number of carbonyl (C=O) groups excluding carboxylic acids is 1. The van der Waals surface area contributed by atoms with Crippen molar-refractivity contribution in [3.05, 3.63) is 65.7 Å². The molecule has 0 spiro atoms. The fourth-order valence-corrected chi connectivity index (χ4v) is 2.16. The average molecular weight is 326 g/mol. The van der Waals surface area contributed by atoms with Crippen molar-refractivity contribution in [2.75, 3.05) is 5.32 Å². The Bertz CT molecular complexity index is 693. The quantitative estimate of drug-likeness (QED) is 0.878. The molecule has 0 fully saturated rings. The molecular formula is C19H24N3O2. The number of nitrogens with two attached hydrogens (primary N) is 1. The molecule has 5 nitrogen and oxygen atoms in total. The van der Waals surface area contributed by atoms with Crippen LogP contribution >= 0.6 is 0 Å². The van der Waals surface area contributed by atoms with Crippen molar-refractivity contribution in [3.8, 4) is 0 Å². The highest BCUT2D eigenvalue weighted by molar-refractivity contribution is 5.83. The smallest absolute Gasteiger partial charge is 0.413 e. The first-order valence-corrected chi connectivity index (χ1v) is 7.93. The van der Waals surface area contributed by atoms with Gasteiger partial charge in [-0.2, -0.15) is 0 Å². The van der Waals surface area contributed by atoms with Crippen LogP contribution in [0.25, 0.3) is 0 Å². The van der Waals surface area contributed by atoms with Gasteiger partial charge in [-0.3, -0.25) is 5.32 Å². The lowest BCUT2D eigenvalue weighted by Crippen LogP contribution is -2.27. The lowest BCUT2D eigenvalue weighted by molar-refractivity contribution is 0.0635. The van der Waals surface area contributed by atoms with Crippen molar-refractivity contribution >= 4 is 11.9 Å². The molecule has 0 aliphatic heterocycles. The number of nitrogens with one attached hydrogen (secondary N) is 1. The molecule has 0 aliphatic rings. The van der Waals surface area contributed by atoms with Crippen molar-refractivity contribution in [1.29, 1.82) is 0 Å². The van der Waals surface area contributed by atoms with Gasteiger partial charge < -0.3 is 10.5 Å². The molecule has 1 aromatic carbocycles. The number of pyridine rings is 1. The maximum Gasteiger partial charge on any atom is 0.413 e. The second-order valence-electron chi connectivity index (χ2n) is 6.53. The summed E-state index contributed by atoms with van der Waals surface area (Å²) in [5.74, 6) is 0.478. The molecule has 3 N–H and O–H groups in total. The van der Waals surface area contributed by atoms with Crippen LogP contribution in [0, 0.1) is 6.42 Å². The third kappa shape index (κ3) is 6.01. The molecule has 1 radical (unpaired) electrons. The first kappa shape index (κ1) is 17.9. The van der Waals surface area contributed by atoms with E-state index in [4.69, 9.17) is 10.5 Å². The van der Waals surface area contributed by atoms with Gasteiger partial charge >= 0.3 is 6.09 Å². The minimum absolute atomic E-state index is 0.478. The zero-order valence-electron chi connectivity index (χ0n) is 14.4. The molecule has 5 heteroatoms. The number of benzene rings is 1. The first-order valence-electron chi connectivity index (χ1n) is 7.93. The normalized spacial score (nSPS) is 11.2. The first-order chi connectivity index (χ1) is 11.4. The van der Waals surface area contributed by atoms with Gasteiger partial charge in [0.2, 0.25) is 0 Å². The van der Waals surface area contributed by atoms with Crippen LogP contribution in [0.1, 0.15) is 37.5 Å². The van der Waals surface area contributed by atoms with E-state index in [9.17, 15) is 4.79 Å². The Labute approximate surface area is 143 Å². The van der Waals surface area contributed by atoms with Crippen molar-refractivity contribution in [1.82, 2.24) is 4.98 Å². The molecular weight excluding hydrogens is 302 g/mol. The standard InChI is InChI=1S/C19H24N3O2/c1-19(2,3)24-18(23)22-17-12-15(9-10-21-17)8-7-14-5-4-6-16(11-14)13-20/h4-7,9-12H,8,13,20H2,1-3H3,(H,21,22,23). The Morgan fingerprint density at radius 3 is 2.75 bits per heavy atom.